The van der Waals surface area contributed by atoms with E-state index < -0.39 is 5.97 Å². The molecule has 170 valence electrons. The van der Waals surface area contributed by atoms with Gasteiger partial charge in [-0.05, 0) is 72.9 Å². The van der Waals surface area contributed by atoms with Crippen LogP contribution in [0.2, 0.25) is 5.02 Å². The lowest BCUT2D eigenvalue weighted by molar-refractivity contribution is 0.0600. The second kappa shape index (κ2) is 9.29. The maximum Gasteiger partial charge on any atom is 0.339 e. The van der Waals surface area contributed by atoms with E-state index in [1.54, 1.807) is 12.3 Å². The van der Waals surface area contributed by atoms with E-state index in [-0.39, 0.29) is 12.1 Å². The molecular weight excluding hydrogens is 468 g/mol. The Hall–Kier alpha value is -3.68. The van der Waals surface area contributed by atoms with Crippen LogP contribution in [-0.4, -0.2) is 27.7 Å². The number of nitrogens with zero attached hydrogens (tertiary/aromatic N) is 3. The first-order valence-corrected chi connectivity index (χ1v) is 11.5. The summed E-state index contributed by atoms with van der Waals surface area (Å²) in [7, 11) is 1.38. The monoisotopic (exact) mass is 488 g/mol. The van der Waals surface area contributed by atoms with Crippen molar-refractivity contribution in [1.29, 1.82) is 0 Å². The molecule has 2 aromatic carbocycles. The van der Waals surface area contributed by atoms with Crippen molar-refractivity contribution in [3.05, 3.63) is 113 Å². The van der Waals surface area contributed by atoms with Crippen LogP contribution in [-0.2, 0) is 4.74 Å². The highest BCUT2D eigenvalue weighted by molar-refractivity contribution is 7.80. The molecule has 0 bridgehead atoms. The highest BCUT2D eigenvalue weighted by Gasteiger charge is 2.42. The average Bonchev–Trinajstić information content (AvgIpc) is 3.49. The van der Waals surface area contributed by atoms with Crippen molar-refractivity contribution >= 4 is 40.6 Å². The molecule has 34 heavy (non-hydrogen) atoms. The Morgan fingerprint density at radius 3 is 2.53 bits per heavy atom. The highest BCUT2D eigenvalue weighted by Crippen LogP contribution is 2.42. The Bertz CT molecular complexity index is 1340. The molecule has 1 fully saturated rings. The van der Waals surface area contributed by atoms with Crippen molar-refractivity contribution in [2.75, 3.05) is 12.0 Å². The Morgan fingerprint density at radius 2 is 1.79 bits per heavy atom. The van der Waals surface area contributed by atoms with Gasteiger partial charge in [-0.2, -0.15) is 0 Å². The molecule has 4 aromatic rings. The summed E-state index contributed by atoms with van der Waals surface area (Å²) >= 11 is 12.0. The number of ether oxygens (including phenoxy) is 1. The number of hydrogen-bond acceptors (Lipinski definition) is 4. The van der Waals surface area contributed by atoms with Gasteiger partial charge in [-0.1, -0.05) is 29.8 Å². The van der Waals surface area contributed by atoms with Gasteiger partial charge in [-0.25, -0.2) is 4.79 Å². The molecule has 0 amide bonds. The van der Waals surface area contributed by atoms with Gasteiger partial charge in [0.25, 0.3) is 0 Å². The number of thiocarbonyl (C=S) groups is 1. The van der Waals surface area contributed by atoms with Gasteiger partial charge in [-0.3, -0.25) is 4.98 Å². The Labute approximate surface area is 207 Å². The summed E-state index contributed by atoms with van der Waals surface area (Å²) in [6, 6.07) is 24.3. The summed E-state index contributed by atoms with van der Waals surface area (Å²) in [5.41, 5.74) is 3.90. The summed E-state index contributed by atoms with van der Waals surface area (Å²) in [6.45, 7) is 0. The summed E-state index contributed by atoms with van der Waals surface area (Å²) < 4.78 is 7.04. The minimum absolute atomic E-state index is 0.219. The molecule has 5 rings (SSSR count). The van der Waals surface area contributed by atoms with Crippen molar-refractivity contribution in [3.8, 4) is 5.69 Å². The molecule has 0 spiro atoms. The molecule has 0 saturated carbocycles. The largest absolute Gasteiger partial charge is 0.465 e. The quantitative estimate of drug-likeness (QED) is 0.296. The second-order valence-corrected chi connectivity index (χ2v) is 8.61. The van der Waals surface area contributed by atoms with Crippen LogP contribution in [0.4, 0.5) is 5.69 Å². The molecule has 1 aliphatic rings. The van der Waals surface area contributed by atoms with Crippen molar-refractivity contribution in [2.45, 2.75) is 12.1 Å². The number of aromatic nitrogens is 2. The first-order chi connectivity index (χ1) is 16.6. The number of para-hydroxylation sites is 1. The molecule has 6 nitrogen and oxygen atoms in total. The molecule has 2 unspecified atom stereocenters. The zero-order valence-electron chi connectivity index (χ0n) is 18.3. The number of rotatable bonds is 5. The molecular formula is C26H21ClN4O2S. The van der Waals surface area contributed by atoms with Crippen LogP contribution in [0, 0.1) is 0 Å². The van der Waals surface area contributed by atoms with Crippen LogP contribution in [0.15, 0.2) is 91.3 Å². The normalized spacial score (nSPS) is 17.5. The SMILES string of the molecule is COC(=O)c1ccccc1-n1cccc1C1C(c2ccccn2)NC(=S)N1c1ccc(Cl)cc1. The third kappa shape index (κ3) is 3.93. The van der Waals surface area contributed by atoms with Gasteiger partial charge in [0, 0.05) is 28.8 Å². The highest BCUT2D eigenvalue weighted by atomic mass is 35.5. The lowest BCUT2D eigenvalue weighted by Gasteiger charge is -2.29. The molecule has 1 aliphatic heterocycles. The van der Waals surface area contributed by atoms with E-state index in [0.29, 0.717) is 15.7 Å². The fraction of sp³-hybridized carbons (Fsp3) is 0.115. The molecule has 1 saturated heterocycles. The zero-order valence-corrected chi connectivity index (χ0v) is 19.8. The molecule has 0 aliphatic carbocycles. The van der Waals surface area contributed by atoms with Crippen LogP contribution < -0.4 is 10.2 Å². The third-order valence-corrected chi connectivity index (χ3v) is 6.42. The molecule has 1 N–H and O–H groups in total. The maximum absolute atomic E-state index is 12.5. The van der Waals surface area contributed by atoms with E-state index in [4.69, 9.17) is 28.6 Å². The van der Waals surface area contributed by atoms with E-state index in [2.05, 4.69) is 15.2 Å². The molecule has 3 heterocycles. The standard InChI is InChI=1S/C26H21ClN4O2S/c1-33-25(32)19-7-2-3-9-21(19)30-16-6-10-22(30)24-23(20-8-4-5-15-28-20)29-26(34)31(24)18-13-11-17(27)12-14-18/h2-16,23-24H,1H3,(H,29,34). The number of methoxy groups -OCH3 is 1. The topological polar surface area (TPSA) is 59.4 Å². The van der Waals surface area contributed by atoms with Gasteiger partial charge < -0.3 is 19.5 Å². The Kier molecular flexibility index (Phi) is 6.04. The van der Waals surface area contributed by atoms with Crippen LogP contribution in [0.25, 0.3) is 5.69 Å². The first-order valence-electron chi connectivity index (χ1n) is 10.7. The predicted molar refractivity (Wildman–Crippen MR) is 136 cm³/mol. The summed E-state index contributed by atoms with van der Waals surface area (Å²) in [6.07, 6.45) is 3.71. The number of anilines is 1. The minimum atomic E-state index is -0.397. The van der Waals surface area contributed by atoms with Gasteiger partial charge in [0.05, 0.1) is 30.1 Å². The smallest absolute Gasteiger partial charge is 0.339 e. The first kappa shape index (κ1) is 22.1. The summed E-state index contributed by atoms with van der Waals surface area (Å²) in [4.78, 5) is 19.2. The molecule has 2 aromatic heterocycles. The number of benzene rings is 2. The lowest BCUT2D eigenvalue weighted by Crippen LogP contribution is -2.30. The number of halogens is 1. The van der Waals surface area contributed by atoms with E-state index in [1.165, 1.54) is 7.11 Å². The maximum atomic E-state index is 12.5. The van der Waals surface area contributed by atoms with Crippen molar-refractivity contribution in [1.82, 2.24) is 14.9 Å². The Balaban J connectivity index is 1.69. The van der Waals surface area contributed by atoms with Crippen molar-refractivity contribution < 1.29 is 9.53 Å². The Morgan fingerprint density at radius 1 is 1.03 bits per heavy atom. The van der Waals surface area contributed by atoms with Crippen LogP contribution >= 0.6 is 23.8 Å². The van der Waals surface area contributed by atoms with Gasteiger partial charge >= 0.3 is 5.97 Å². The van der Waals surface area contributed by atoms with E-state index in [0.717, 1.165) is 22.8 Å². The lowest BCUT2D eigenvalue weighted by atomic mass is 10.0. The van der Waals surface area contributed by atoms with E-state index in [1.807, 2.05) is 83.6 Å². The van der Waals surface area contributed by atoms with Gasteiger partial charge in [0.2, 0.25) is 0 Å². The van der Waals surface area contributed by atoms with E-state index >= 15 is 0 Å². The number of hydrogen-bond donors (Lipinski definition) is 1. The fourth-order valence-electron chi connectivity index (χ4n) is 4.36. The van der Waals surface area contributed by atoms with Gasteiger partial charge in [0.15, 0.2) is 5.11 Å². The van der Waals surface area contributed by atoms with Crippen molar-refractivity contribution in [2.24, 2.45) is 0 Å². The molecule has 2 atom stereocenters. The van der Waals surface area contributed by atoms with Gasteiger partial charge in [0.1, 0.15) is 6.04 Å². The number of carbonyl (C=O) groups is 1. The number of pyridine rings is 1. The van der Waals surface area contributed by atoms with Gasteiger partial charge in [-0.15, -0.1) is 0 Å². The fourth-order valence-corrected chi connectivity index (χ4v) is 4.83. The van der Waals surface area contributed by atoms with Crippen molar-refractivity contribution in [3.63, 3.8) is 0 Å². The zero-order chi connectivity index (χ0) is 23.7. The summed E-state index contributed by atoms with van der Waals surface area (Å²) in [5.74, 6) is -0.397. The third-order valence-electron chi connectivity index (χ3n) is 5.86. The predicted octanol–water partition coefficient (Wildman–Crippen LogP) is 5.49. The number of esters is 1. The second-order valence-electron chi connectivity index (χ2n) is 7.78. The van der Waals surface area contributed by atoms with Crippen LogP contribution in [0.5, 0.6) is 0 Å². The average molecular weight is 489 g/mol. The van der Waals surface area contributed by atoms with E-state index in [9.17, 15) is 4.79 Å². The number of carbonyl (C=O) groups excluding carboxylic acids is 1. The minimum Gasteiger partial charge on any atom is -0.465 e. The summed E-state index contributed by atoms with van der Waals surface area (Å²) in [5, 5.41) is 4.68. The van der Waals surface area contributed by atoms with Crippen LogP contribution in [0.3, 0.4) is 0 Å². The molecule has 8 heteroatoms. The number of nitrogens with one attached hydrogen (secondary N) is 1. The molecule has 0 radical (unpaired) electrons. The van der Waals surface area contributed by atoms with Crippen LogP contribution in [0.1, 0.15) is 33.8 Å².